The fourth-order valence-corrected chi connectivity index (χ4v) is 2.99. The number of thiophene rings is 1. The van der Waals surface area contributed by atoms with Crippen molar-refractivity contribution < 1.29 is 13.9 Å². The summed E-state index contributed by atoms with van der Waals surface area (Å²) in [5, 5.41) is 3.69. The molecule has 0 aliphatic carbocycles. The molecule has 0 aliphatic rings. The first-order valence-corrected chi connectivity index (χ1v) is 5.89. The summed E-state index contributed by atoms with van der Waals surface area (Å²) in [5.74, 6) is -0.682. The van der Waals surface area contributed by atoms with Crippen LogP contribution in [0.25, 0.3) is 10.1 Å². The number of carbonyl (C=O) groups is 1. The van der Waals surface area contributed by atoms with E-state index in [9.17, 15) is 9.18 Å². The van der Waals surface area contributed by atoms with Gasteiger partial charge in [0.15, 0.2) is 0 Å². The minimum Gasteiger partial charge on any atom is -0.465 e. The second-order valence-corrected chi connectivity index (χ2v) is 4.65. The molecular weight excluding hydrogens is 241 g/mol. The van der Waals surface area contributed by atoms with Gasteiger partial charge in [-0.3, -0.25) is 0 Å². The molecule has 1 aromatic carbocycles. The number of hydrogen-bond donors (Lipinski definition) is 1. The Balaban J connectivity index is 2.81. The molecule has 0 atom stereocenters. The molecule has 0 unspecified atom stereocenters. The van der Waals surface area contributed by atoms with Crippen LogP contribution in [0, 0.1) is 12.7 Å². The number of hydrogen-bond acceptors (Lipinski definition) is 4. The first kappa shape index (κ1) is 11.9. The maximum atomic E-state index is 13.5. The van der Waals surface area contributed by atoms with E-state index in [2.05, 4.69) is 5.32 Å². The van der Waals surface area contributed by atoms with Crippen LogP contribution in [0.15, 0.2) is 12.1 Å². The zero-order chi connectivity index (χ0) is 12.6. The third kappa shape index (κ3) is 1.76. The van der Waals surface area contributed by atoms with Gasteiger partial charge in [-0.15, -0.1) is 11.3 Å². The van der Waals surface area contributed by atoms with Crippen LogP contribution in [-0.4, -0.2) is 20.1 Å². The van der Waals surface area contributed by atoms with Crippen LogP contribution < -0.4 is 5.32 Å². The number of halogens is 1. The molecule has 3 nitrogen and oxygen atoms in total. The largest absolute Gasteiger partial charge is 0.465 e. The van der Waals surface area contributed by atoms with Gasteiger partial charge >= 0.3 is 5.97 Å². The summed E-state index contributed by atoms with van der Waals surface area (Å²) in [4.78, 5) is 12.1. The number of aryl methyl sites for hydroxylation is 1. The van der Waals surface area contributed by atoms with Crippen LogP contribution in [0.2, 0.25) is 0 Å². The van der Waals surface area contributed by atoms with Crippen molar-refractivity contribution in [2.24, 2.45) is 0 Å². The molecule has 0 spiro atoms. The molecule has 1 N–H and O–H groups in total. The lowest BCUT2D eigenvalue weighted by Crippen LogP contribution is -2.02. The Labute approximate surface area is 102 Å². The summed E-state index contributed by atoms with van der Waals surface area (Å²) >= 11 is 1.30. The lowest BCUT2D eigenvalue weighted by molar-refractivity contribution is 0.0607. The minimum absolute atomic E-state index is 0.275. The first-order chi connectivity index (χ1) is 8.10. The van der Waals surface area contributed by atoms with Gasteiger partial charge in [-0.05, 0) is 24.6 Å². The van der Waals surface area contributed by atoms with Gasteiger partial charge in [0.1, 0.15) is 10.7 Å². The molecular formula is C12H12FNO2S. The molecule has 90 valence electrons. The summed E-state index contributed by atoms with van der Waals surface area (Å²) in [7, 11) is 3.04. The third-order valence-corrected chi connectivity index (χ3v) is 3.81. The Bertz CT molecular complexity index is 592. The molecule has 5 heteroatoms. The molecule has 17 heavy (non-hydrogen) atoms. The van der Waals surface area contributed by atoms with Gasteiger partial charge in [0.25, 0.3) is 0 Å². The SMILES string of the molecule is CNc1c(C(=O)OC)sc2ccc(F)c(C)c12. The van der Waals surface area contributed by atoms with Crippen LogP contribution in [0.4, 0.5) is 10.1 Å². The van der Waals surface area contributed by atoms with Gasteiger partial charge in [0.05, 0.1) is 12.8 Å². The molecule has 0 amide bonds. The van der Waals surface area contributed by atoms with Gasteiger partial charge in [-0.1, -0.05) is 0 Å². The Hall–Kier alpha value is -1.62. The Kier molecular flexibility index (Phi) is 3.02. The van der Waals surface area contributed by atoms with Gasteiger partial charge in [0.2, 0.25) is 0 Å². The van der Waals surface area contributed by atoms with Crippen molar-refractivity contribution in [2.75, 3.05) is 19.5 Å². The quantitative estimate of drug-likeness (QED) is 0.835. The molecule has 1 heterocycles. The van der Waals surface area contributed by atoms with E-state index >= 15 is 0 Å². The molecule has 2 rings (SSSR count). The van der Waals surface area contributed by atoms with Crippen LogP contribution >= 0.6 is 11.3 Å². The normalized spacial score (nSPS) is 10.6. The van der Waals surface area contributed by atoms with Crippen molar-refractivity contribution in [2.45, 2.75) is 6.92 Å². The number of ether oxygens (including phenoxy) is 1. The average Bonchev–Trinajstić information content (AvgIpc) is 2.72. The summed E-state index contributed by atoms with van der Waals surface area (Å²) < 4.78 is 19.1. The monoisotopic (exact) mass is 253 g/mol. The third-order valence-electron chi connectivity index (χ3n) is 2.67. The van der Waals surface area contributed by atoms with Crippen LogP contribution in [0.5, 0.6) is 0 Å². The van der Waals surface area contributed by atoms with E-state index in [4.69, 9.17) is 4.74 Å². The Morgan fingerprint density at radius 2 is 2.18 bits per heavy atom. The molecule has 2 aromatic rings. The number of anilines is 1. The van der Waals surface area contributed by atoms with Crippen molar-refractivity contribution in [1.82, 2.24) is 0 Å². The lowest BCUT2D eigenvalue weighted by Gasteiger charge is -2.04. The smallest absolute Gasteiger partial charge is 0.350 e. The number of benzene rings is 1. The maximum absolute atomic E-state index is 13.5. The number of methoxy groups -OCH3 is 1. The predicted molar refractivity (Wildman–Crippen MR) is 67.4 cm³/mol. The van der Waals surface area contributed by atoms with E-state index in [-0.39, 0.29) is 5.82 Å². The number of esters is 1. The number of fused-ring (bicyclic) bond motifs is 1. The van der Waals surface area contributed by atoms with Gasteiger partial charge in [-0.2, -0.15) is 0 Å². The molecule has 0 bridgehead atoms. The highest BCUT2D eigenvalue weighted by molar-refractivity contribution is 7.21. The lowest BCUT2D eigenvalue weighted by atomic mass is 10.1. The van der Waals surface area contributed by atoms with Gasteiger partial charge in [0, 0.05) is 17.1 Å². The maximum Gasteiger partial charge on any atom is 0.350 e. The zero-order valence-corrected chi connectivity index (χ0v) is 10.6. The molecule has 0 saturated carbocycles. The second kappa shape index (κ2) is 4.33. The van der Waals surface area contributed by atoms with Crippen molar-refractivity contribution in [3.63, 3.8) is 0 Å². The first-order valence-electron chi connectivity index (χ1n) is 5.07. The Morgan fingerprint density at radius 1 is 1.47 bits per heavy atom. The average molecular weight is 253 g/mol. The van der Waals surface area contributed by atoms with E-state index < -0.39 is 5.97 Å². The molecule has 0 aliphatic heterocycles. The van der Waals surface area contributed by atoms with Crippen LogP contribution in [0.1, 0.15) is 15.2 Å². The minimum atomic E-state index is -0.407. The highest BCUT2D eigenvalue weighted by Crippen LogP contribution is 2.38. The van der Waals surface area contributed by atoms with E-state index in [0.717, 1.165) is 10.1 Å². The topological polar surface area (TPSA) is 38.3 Å². The standard InChI is InChI=1S/C12H12FNO2S/c1-6-7(13)4-5-8-9(6)10(14-2)11(17-8)12(15)16-3/h4-5,14H,1-3H3. The molecule has 0 radical (unpaired) electrons. The number of carbonyl (C=O) groups excluding carboxylic acids is 1. The summed E-state index contributed by atoms with van der Waals surface area (Å²) in [5.41, 5.74) is 1.17. The molecule has 1 aromatic heterocycles. The summed E-state index contributed by atoms with van der Waals surface area (Å²) in [6.07, 6.45) is 0. The fraction of sp³-hybridized carbons (Fsp3) is 0.250. The molecule has 0 fully saturated rings. The van der Waals surface area contributed by atoms with E-state index in [1.165, 1.54) is 24.5 Å². The number of nitrogens with one attached hydrogen (secondary N) is 1. The van der Waals surface area contributed by atoms with E-state index in [1.807, 2.05) is 0 Å². The van der Waals surface area contributed by atoms with Crippen molar-refractivity contribution in [1.29, 1.82) is 0 Å². The van der Waals surface area contributed by atoms with Crippen LogP contribution in [-0.2, 0) is 4.74 Å². The summed E-state index contributed by atoms with van der Waals surface area (Å²) in [6, 6.07) is 3.09. The highest BCUT2D eigenvalue weighted by atomic mass is 32.1. The van der Waals surface area contributed by atoms with Gasteiger partial charge < -0.3 is 10.1 Å². The second-order valence-electron chi connectivity index (χ2n) is 3.59. The predicted octanol–water partition coefficient (Wildman–Crippen LogP) is 3.18. The number of rotatable bonds is 2. The van der Waals surface area contributed by atoms with Crippen molar-refractivity contribution in [3.05, 3.63) is 28.4 Å². The van der Waals surface area contributed by atoms with E-state index in [0.29, 0.717) is 16.1 Å². The van der Waals surface area contributed by atoms with Crippen molar-refractivity contribution in [3.8, 4) is 0 Å². The van der Waals surface area contributed by atoms with Crippen LogP contribution in [0.3, 0.4) is 0 Å². The Morgan fingerprint density at radius 3 is 2.76 bits per heavy atom. The fourth-order valence-electron chi connectivity index (χ4n) is 1.81. The zero-order valence-electron chi connectivity index (χ0n) is 9.76. The molecule has 0 saturated heterocycles. The van der Waals surface area contributed by atoms with E-state index in [1.54, 1.807) is 20.0 Å². The summed E-state index contributed by atoms with van der Waals surface area (Å²) in [6.45, 7) is 1.70. The van der Waals surface area contributed by atoms with Crippen molar-refractivity contribution >= 4 is 33.1 Å². The highest BCUT2D eigenvalue weighted by Gasteiger charge is 2.20. The van der Waals surface area contributed by atoms with Gasteiger partial charge in [-0.25, -0.2) is 9.18 Å².